The molecule has 5 rings (SSSR count). The average molecular weight is 414 g/mol. The molecule has 0 radical (unpaired) electrons. The van der Waals surface area contributed by atoms with Crippen LogP contribution in [0.5, 0.6) is 5.75 Å². The summed E-state index contributed by atoms with van der Waals surface area (Å²) < 4.78 is 5.36. The van der Waals surface area contributed by atoms with Gasteiger partial charge in [0.1, 0.15) is 5.75 Å². The van der Waals surface area contributed by atoms with Gasteiger partial charge in [0.05, 0.1) is 34.8 Å². The quantitative estimate of drug-likeness (QED) is 0.486. The predicted octanol–water partition coefficient (Wildman–Crippen LogP) is 4.69. The third-order valence-corrected chi connectivity index (χ3v) is 5.99. The molecule has 1 atom stereocenters. The molecule has 4 aromatic rings. The molecule has 3 heterocycles. The Bertz CT molecular complexity index is 1250. The maximum Gasteiger partial charge on any atom is 0.284 e. The highest BCUT2D eigenvalue weighted by atomic mass is 32.1. The molecule has 1 amide bonds. The van der Waals surface area contributed by atoms with Crippen molar-refractivity contribution in [1.29, 1.82) is 0 Å². The second kappa shape index (κ2) is 7.68. The largest absolute Gasteiger partial charge is 0.497 e. The Morgan fingerprint density at radius 1 is 1.07 bits per heavy atom. The van der Waals surface area contributed by atoms with Crippen LogP contribution in [-0.4, -0.2) is 33.7 Å². The Morgan fingerprint density at radius 2 is 1.93 bits per heavy atom. The third kappa shape index (κ3) is 3.33. The Kier molecular flexibility index (Phi) is 4.72. The van der Waals surface area contributed by atoms with Gasteiger partial charge in [0.15, 0.2) is 0 Å². The number of hydrogen-bond donors (Lipinski definition) is 0. The topological polar surface area (TPSA) is 67.7 Å². The van der Waals surface area contributed by atoms with E-state index in [4.69, 9.17) is 9.84 Å². The molecular weight excluding hydrogens is 396 g/mol. The summed E-state index contributed by atoms with van der Waals surface area (Å²) in [5.74, 6) is 0.655. The van der Waals surface area contributed by atoms with Crippen molar-refractivity contribution >= 4 is 34.0 Å². The monoisotopic (exact) mass is 414 g/mol. The molecular formula is C23H18N4O2S. The summed E-state index contributed by atoms with van der Waals surface area (Å²) in [6, 6.07) is 17.2. The number of hydrogen-bond acceptors (Lipinski definition) is 6. The second-order valence-corrected chi connectivity index (χ2v) is 7.88. The number of rotatable bonds is 4. The fraction of sp³-hybridized carbons (Fsp3) is 0.130. The Balaban J connectivity index is 1.56. The fourth-order valence-electron chi connectivity index (χ4n) is 3.64. The van der Waals surface area contributed by atoms with Gasteiger partial charge in [-0.3, -0.25) is 14.8 Å². The number of aromatic nitrogens is 2. The molecule has 0 aliphatic carbocycles. The van der Waals surface area contributed by atoms with Crippen molar-refractivity contribution < 1.29 is 9.53 Å². The van der Waals surface area contributed by atoms with Crippen LogP contribution in [0.2, 0.25) is 0 Å². The lowest BCUT2D eigenvalue weighted by atomic mass is 9.97. The van der Waals surface area contributed by atoms with Crippen LogP contribution in [0.15, 0.2) is 77.5 Å². The number of thiophene rings is 1. The number of fused-ring (bicyclic) bond motifs is 1. The molecule has 1 unspecified atom stereocenters. The maximum absolute atomic E-state index is 13.2. The first-order valence-electron chi connectivity index (χ1n) is 9.52. The van der Waals surface area contributed by atoms with Crippen molar-refractivity contribution in [2.24, 2.45) is 5.10 Å². The molecule has 2 aromatic carbocycles. The van der Waals surface area contributed by atoms with Crippen LogP contribution < -0.4 is 4.74 Å². The summed E-state index contributed by atoms with van der Waals surface area (Å²) in [5.41, 5.74) is 4.40. The first kappa shape index (κ1) is 18.4. The van der Waals surface area contributed by atoms with Crippen molar-refractivity contribution in [3.05, 3.63) is 88.4 Å². The lowest BCUT2D eigenvalue weighted by Gasteiger charge is -2.21. The molecule has 0 fully saturated rings. The Morgan fingerprint density at radius 3 is 2.73 bits per heavy atom. The second-order valence-electron chi connectivity index (χ2n) is 6.93. The molecule has 0 N–H and O–H groups in total. The van der Waals surface area contributed by atoms with E-state index in [1.165, 1.54) is 11.3 Å². The summed E-state index contributed by atoms with van der Waals surface area (Å²) in [4.78, 5) is 22.7. The SMILES string of the molecule is COc1cccc(C2=NN(C(=O)c3cccs3)C(c3ccc4nccnc4c3)C2)c1. The van der Waals surface area contributed by atoms with Crippen LogP contribution in [0.25, 0.3) is 11.0 Å². The minimum atomic E-state index is -0.216. The summed E-state index contributed by atoms with van der Waals surface area (Å²) >= 11 is 1.42. The van der Waals surface area contributed by atoms with E-state index < -0.39 is 0 Å². The van der Waals surface area contributed by atoms with E-state index in [2.05, 4.69) is 9.97 Å². The van der Waals surface area contributed by atoms with Gasteiger partial charge in [-0.15, -0.1) is 11.3 Å². The van der Waals surface area contributed by atoms with E-state index in [9.17, 15) is 4.79 Å². The molecule has 7 heteroatoms. The molecule has 0 saturated carbocycles. The van der Waals surface area contributed by atoms with E-state index in [1.807, 2.05) is 60.0 Å². The van der Waals surface area contributed by atoms with Gasteiger partial charge in [0, 0.05) is 24.4 Å². The minimum absolute atomic E-state index is 0.105. The number of carbonyl (C=O) groups excluding carboxylic acids is 1. The van der Waals surface area contributed by atoms with Crippen LogP contribution in [0.4, 0.5) is 0 Å². The zero-order chi connectivity index (χ0) is 20.5. The van der Waals surface area contributed by atoms with Crippen LogP contribution in [0, 0.1) is 0 Å². The number of amides is 1. The molecule has 1 aliphatic rings. The van der Waals surface area contributed by atoms with E-state index in [0.29, 0.717) is 11.3 Å². The van der Waals surface area contributed by atoms with Crippen LogP contribution in [0.1, 0.15) is 33.3 Å². The van der Waals surface area contributed by atoms with Gasteiger partial charge in [-0.05, 0) is 41.3 Å². The molecule has 148 valence electrons. The molecule has 0 bridgehead atoms. The predicted molar refractivity (Wildman–Crippen MR) is 117 cm³/mol. The number of benzene rings is 2. The molecule has 6 nitrogen and oxygen atoms in total. The lowest BCUT2D eigenvalue weighted by Crippen LogP contribution is -2.26. The molecule has 2 aromatic heterocycles. The molecule has 1 aliphatic heterocycles. The summed E-state index contributed by atoms with van der Waals surface area (Å²) in [7, 11) is 1.64. The number of methoxy groups -OCH3 is 1. The van der Waals surface area contributed by atoms with Gasteiger partial charge in [0.2, 0.25) is 0 Å². The third-order valence-electron chi connectivity index (χ3n) is 5.13. The van der Waals surface area contributed by atoms with Crippen molar-refractivity contribution in [2.45, 2.75) is 12.5 Å². The number of ether oxygens (including phenoxy) is 1. The van der Waals surface area contributed by atoms with E-state index in [-0.39, 0.29) is 11.9 Å². The van der Waals surface area contributed by atoms with Gasteiger partial charge >= 0.3 is 0 Å². The van der Waals surface area contributed by atoms with E-state index in [1.54, 1.807) is 24.5 Å². The molecule has 0 spiro atoms. The summed E-state index contributed by atoms with van der Waals surface area (Å²) in [5, 5.41) is 8.24. The van der Waals surface area contributed by atoms with Crippen LogP contribution in [-0.2, 0) is 0 Å². The van der Waals surface area contributed by atoms with Crippen LogP contribution >= 0.6 is 11.3 Å². The first-order chi connectivity index (χ1) is 14.7. The molecule has 0 saturated heterocycles. The highest BCUT2D eigenvalue weighted by Crippen LogP contribution is 2.35. The van der Waals surface area contributed by atoms with Gasteiger partial charge in [-0.25, -0.2) is 5.01 Å². The molecule has 30 heavy (non-hydrogen) atoms. The Labute approximate surface area is 177 Å². The summed E-state index contributed by atoms with van der Waals surface area (Å²) in [6.07, 6.45) is 3.96. The van der Waals surface area contributed by atoms with E-state index >= 15 is 0 Å². The maximum atomic E-state index is 13.2. The zero-order valence-corrected chi connectivity index (χ0v) is 17.0. The minimum Gasteiger partial charge on any atom is -0.497 e. The summed E-state index contributed by atoms with van der Waals surface area (Å²) in [6.45, 7) is 0. The number of nitrogens with zero attached hydrogens (tertiary/aromatic N) is 4. The van der Waals surface area contributed by atoms with Crippen LogP contribution in [0.3, 0.4) is 0 Å². The lowest BCUT2D eigenvalue weighted by molar-refractivity contribution is 0.0716. The van der Waals surface area contributed by atoms with Crippen molar-refractivity contribution in [3.63, 3.8) is 0 Å². The van der Waals surface area contributed by atoms with Gasteiger partial charge in [0.25, 0.3) is 5.91 Å². The first-order valence-corrected chi connectivity index (χ1v) is 10.4. The zero-order valence-electron chi connectivity index (χ0n) is 16.2. The van der Waals surface area contributed by atoms with E-state index in [0.717, 1.165) is 33.6 Å². The number of hydrazone groups is 1. The average Bonchev–Trinajstić information content (AvgIpc) is 3.49. The normalized spacial score (nSPS) is 16.0. The van der Waals surface area contributed by atoms with Crippen molar-refractivity contribution in [3.8, 4) is 5.75 Å². The highest BCUT2D eigenvalue weighted by Gasteiger charge is 2.34. The van der Waals surface area contributed by atoms with Gasteiger partial charge in [-0.1, -0.05) is 24.3 Å². The van der Waals surface area contributed by atoms with Gasteiger partial charge < -0.3 is 4.74 Å². The standard InChI is InChI=1S/C23H18N4O2S/c1-29-17-5-2-4-15(12-17)19-14-21(27(26-19)23(28)22-6-3-11-30-22)16-7-8-18-20(13-16)25-10-9-24-18/h2-13,21H,14H2,1H3. The van der Waals surface area contributed by atoms with Gasteiger partial charge in [-0.2, -0.15) is 5.10 Å². The fourth-order valence-corrected chi connectivity index (χ4v) is 4.29. The Hall–Kier alpha value is -3.58. The van der Waals surface area contributed by atoms with Crippen molar-refractivity contribution in [2.75, 3.05) is 7.11 Å². The highest BCUT2D eigenvalue weighted by molar-refractivity contribution is 7.12. The number of carbonyl (C=O) groups is 1. The smallest absolute Gasteiger partial charge is 0.284 e. The van der Waals surface area contributed by atoms with Crippen molar-refractivity contribution in [1.82, 2.24) is 15.0 Å².